The third-order valence-corrected chi connectivity index (χ3v) is 4.49. The van der Waals surface area contributed by atoms with E-state index in [1.54, 1.807) is 30.3 Å². The van der Waals surface area contributed by atoms with Crippen LogP contribution in [0.25, 0.3) is 0 Å². The molecule has 2 aromatic rings. The predicted molar refractivity (Wildman–Crippen MR) is 101 cm³/mol. The number of unbranched alkanes of at least 4 members (excludes halogenated alkanes) is 1. The molecule has 0 spiro atoms. The number of nitrogens with one attached hydrogen (secondary N) is 1. The van der Waals surface area contributed by atoms with E-state index >= 15 is 0 Å². The Morgan fingerprint density at radius 2 is 1.79 bits per heavy atom. The minimum Gasteiger partial charge on any atom is -0.490 e. The summed E-state index contributed by atoms with van der Waals surface area (Å²) in [6.07, 6.45) is 1.91. The lowest BCUT2D eigenvalue weighted by Crippen LogP contribution is -2.13. The fourth-order valence-electron chi connectivity index (χ4n) is 2.08. The number of hydrogen-bond donors (Lipinski definition) is 1. The summed E-state index contributed by atoms with van der Waals surface area (Å²) in [6, 6.07) is 8.41. The molecule has 1 amide bonds. The van der Waals surface area contributed by atoms with E-state index < -0.39 is 0 Å². The van der Waals surface area contributed by atoms with Gasteiger partial charge in [-0.15, -0.1) is 0 Å². The SMILES string of the molecule is CCCCOc1c(Cl)cc(C(=O)Nc2cccc(Cl)c2C)cc1Cl. The maximum atomic E-state index is 12.4. The van der Waals surface area contributed by atoms with Crippen molar-refractivity contribution in [2.45, 2.75) is 26.7 Å². The number of anilines is 1. The molecule has 0 unspecified atom stereocenters. The van der Waals surface area contributed by atoms with E-state index in [0.29, 0.717) is 38.7 Å². The first-order valence-corrected chi connectivity index (χ1v) is 8.75. The molecule has 128 valence electrons. The molecule has 0 fully saturated rings. The largest absolute Gasteiger partial charge is 0.490 e. The highest BCUT2D eigenvalue weighted by molar-refractivity contribution is 6.38. The van der Waals surface area contributed by atoms with Crippen LogP contribution in [0.5, 0.6) is 5.75 Å². The van der Waals surface area contributed by atoms with E-state index in [9.17, 15) is 4.79 Å². The molecule has 3 nitrogen and oxygen atoms in total. The number of carbonyl (C=O) groups excluding carboxylic acids is 1. The van der Waals surface area contributed by atoms with Crippen LogP contribution in [-0.4, -0.2) is 12.5 Å². The minimum atomic E-state index is -0.315. The summed E-state index contributed by atoms with van der Waals surface area (Å²) in [4.78, 5) is 12.4. The summed E-state index contributed by atoms with van der Waals surface area (Å²) >= 11 is 18.5. The second-order valence-corrected chi connectivity index (χ2v) is 6.56. The zero-order valence-electron chi connectivity index (χ0n) is 13.5. The number of amides is 1. The third kappa shape index (κ3) is 4.56. The van der Waals surface area contributed by atoms with E-state index in [1.807, 2.05) is 6.92 Å². The number of carbonyl (C=O) groups is 1. The van der Waals surface area contributed by atoms with E-state index in [0.717, 1.165) is 18.4 Å². The number of benzene rings is 2. The number of hydrogen-bond acceptors (Lipinski definition) is 2. The van der Waals surface area contributed by atoms with E-state index in [4.69, 9.17) is 39.5 Å². The molecule has 0 aromatic heterocycles. The molecule has 6 heteroatoms. The molecule has 0 heterocycles. The molecule has 0 bridgehead atoms. The molecule has 0 saturated heterocycles. The number of rotatable bonds is 6. The maximum Gasteiger partial charge on any atom is 0.255 e. The molecular formula is C18H18Cl3NO2. The first kappa shape index (κ1) is 18.9. The van der Waals surface area contributed by atoms with Crippen molar-refractivity contribution in [2.24, 2.45) is 0 Å². The van der Waals surface area contributed by atoms with Crippen LogP contribution in [0, 0.1) is 6.92 Å². The van der Waals surface area contributed by atoms with Gasteiger partial charge in [0.25, 0.3) is 5.91 Å². The van der Waals surface area contributed by atoms with Crippen molar-refractivity contribution in [3.8, 4) is 5.75 Å². The average molecular weight is 387 g/mol. The van der Waals surface area contributed by atoms with Gasteiger partial charge in [0.05, 0.1) is 16.7 Å². The van der Waals surface area contributed by atoms with Crippen molar-refractivity contribution in [3.05, 3.63) is 56.5 Å². The van der Waals surface area contributed by atoms with Gasteiger partial charge in [-0.2, -0.15) is 0 Å². The van der Waals surface area contributed by atoms with Gasteiger partial charge >= 0.3 is 0 Å². The predicted octanol–water partition coefficient (Wildman–Crippen LogP) is 6.39. The molecule has 0 aliphatic heterocycles. The van der Waals surface area contributed by atoms with Gasteiger partial charge in [0.2, 0.25) is 0 Å². The molecule has 0 atom stereocenters. The van der Waals surface area contributed by atoms with Crippen LogP contribution in [0.3, 0.4) is 0 Å². The van der Waals surface area contributed by atoms with Crippen LogP contribution in [0.1, 0.15) is 35.7 Å². The number of ether oxygens (including phenoxy) is 1. The van der Waals surface area contributed by atoms with Gasteiger partial charge in [0.15, 0.2) is 5.75 Å². The average Bonchev–Trinajstić information content (AvgIpc) is 2.54. The molecule has 2 rings (SSSR count). The van der Waals surface area contributed by atoms with Gasteiger partial charge in [0.1, 0.15) is 0 Å². The summed E-state index contributed by atoms with van der Waals surface area (Å²) < 4.78 is 5.58. The fraction of sp³-hybridized carbons (Fsp3) is 0.278. The van der Waals surface area contributed by atoms with Gasteiger partial charge in [-0.05, 0) is 43.2 Å². The molecular weight excluding hydrogens is 369 g/mol. The van der Waals surface area contributed by atoms with Crippen molar-refractivity contribution < 1.29 is 9.53 Å². The van der Waals surface area contributed by atoms with Crippen LogP contribution in [0.15, 0.2) is 30.3 Å². The second-order valence-electron chi connectivity index (χ2n) is 5.34. The van der Waals surface area contributed by atoms with Gasteiger partial charge in [0, 0.05) is 16.3 Å². The van der Waals surface area contributed by atoms with E-state index in [1.165, 1.54) is 0 Å². The van der Waals surface area contributed by atoms with Crippen molar-refractivity contribution >= 4 is 46.4 Å². The quantitative estimate of drug-likeness (QED) is 0.584. The summed E-state index contributed by atoms with van der Waals surface area (Å²) in [5.41, 5.74) is 1.79. The lowest BCUT2D eigenvalue weighted by molar-refractivity contribution is 0.102. The van der Waals surface area contributed by atoms with E-state index in [-0.39, 0.29) is 5.91 Å². The number of halogens is 3. The minimum absolute atomic E-state index is 0.312. The lowest BCUT2D eigenvalue weighted by atomic mass is 10.1. The Hall–Kier alpha value is -1.42. The molecule has 0 aliphatic rings. The normalized spacial score (nSPS) is 10.5. The summed E-state index contributed by atoms with van der Waals surface area (Å²) in [7, 11) is 0. The van der Waals surface area contributed by atoms with Crippen molar-refractivity contribution in [3.63, 3.8) is 0 Å². The van der Waals surface area contributed by atoms with E-state index in [2.05, 4.69) is 12.2 Å². The van der Waals surface area contributed by atoms with Gasteiger partial charge < -0.3 is 10.1 Å². The molecule has 1 N–H and O–H groups in total. The van der Waals surface area contributed by atoms with Gasteiger partial charge in [-0.25, -0.2) is 0 Å². The summed E-state index contributed by atoms with van der Waals surface area (Å²) in [5, 5.41) is 4.02. The molecule has 2 aromatic carbocycles. The Morgan fingerprint density at radius 1 is 1.12 bits per heavy atom. The lowest BCUT2D eigenvalue weighted by Gasteiger charge is -2.13. The van der Waals surface area contributed by atoms with Crippen molar-refractivity contribution in [2.75, 3.05) is 11.9 Å². The van der Waals surface area contributed by atoms with Crippen molar-refractivity contribution in [1.82, 2.24) is 0 Å². The fourth-order valence-corrected chi connectivity index (χ4v) is 2.86. The Balaban J connectivity index is 2.19. The van der Waals surface area contributed by atoms with Crippen LogP contribution in [-0.2, 0) is 0 Å². The van der Waals surface area contributed by atoms with Crippen LogP contribution in [0.4, 0.5) is 5.69 Å². The zero-order chi connectivity index (χ0) is 17.7. The monoisotopic (exact) mass is 385 g/mol. The molecule has 0 saturated carbocycles. The topological polar surface area (TPSA) is 38.3 Å². The Bertz CT molecular complexity index is 724. The maximum absolute atomic E-state index is 12.4. The van der Waals surface area contributed by atoms with Crippen molar-refractivity contribution in [1.29, 1.82) is 0 Å². The Kier molecular flexibility index (Phi) is 6.79. The summed E-state index contributed by atoms with van der Waals surface area (Å²) in [5.74, 6) is 0.0894. The van der Waals surface area contributed by atoms with Gasteiger partial charge in [-0.1, -0.05) is 54.2 Å². The van der Waals surface area contributed by atoms with Crippen LogP contribution >= 0.6 is 34.8 Å². The zero-order valence-corrected chi connectivity index (χ0v) is 15.7. The Morgan fingerprint density at radius 3 is 2.42 bits per heavy atom. The third-order valence-electron chi connectivity index (χ3n) is 3.52. The highest BCUT2D eigenvalue weighted by atomic mass is 35.5. The van der Waals surface area contributed by atoms with Gasteiger partial charge in [-0.3, -0.25) is 4.79 Å². The standard InChI is InChI=1S/C18H18Cl3NO2/c1-3-4-8-24-17-14(20)9-12(10-15(17)21)18(23)22-16-7-5-6-13(19)11(16)2/h5-7,9-10H,3-4,8H2,1-2H3,(H,22,23). The molecule has 24 heavy (non-hydrogen) atoms. The summed E-state index contributed by atoms with van der Waals surface area (Å²) in [6.45, 7) is 4.43. The van der Waals surface area contributed by atoms with Crippen LogP contribution in [0.2, 0.25) is 15.1 Å². The second kappa shape index (κ2) is 8.61. The first-order chi connectivity index (χ1) is 11.4. The highest BCUT2D eigenvalue weighted by Gasteiger charge is 2.15. The molecule has 0 aliphatic carbocycles. The van der Waals surface area contributed by atoms with Crippen LogP contribution < -0.4 is 10.1 Å². The first-order valence-electron chi connectivity index (χ1n) is 7.62. The smallest absolute Gasteiger partial charge is 0.255 e. The highest BCUT2D eigenvalue weighted by Crippen LogP contribution is 2.35. The Labute approximate surface area is 156 Å². The molecule has 0 radical (unpaired) electrons.